The summed E-state index contributed by atoms with van der Waals surface area (Å²) in [6.45, 7) is 5.74. The first-order valence-corrected chi connectivity index (χ1v) is 11.1. The van der Waals surface area contributed by atoms with Crippen LogP contribution >= 0.6 is 11.3 Å². The van der Waals surface area contributed by atoms with Crippen molar-refractivity contribution in [3.05, 3.63) is 93.5 Å². The van der Waals surface area contributed by atoms with Gasteiger partial charge in [-0.2, -0.15) is 0 Å². The number of carbonyl (C=O) groups excluding carboxylic acids is 1. The van der Waals surface area contributed by atoms with E-state index in [9.17, 15) is 14.4 Å². The van der Waals surface area contributed by atoms with E-state index in [1.54, 1.807) is 37.3 Å². The van der Waals surface area contributed by atoms with Crippen LogP contribution in [0.4, 0.5) is 5.13 Å². The molecule has 0 saturated carbocycles. The van der Waals surface area contributed by atoms with E-state index in [0.717, 1.165) is 15.8 Å². The Kier molecular flexibility index (Phi) is 6.13. The van der Waals surface area contributed by atoms with Crippen LogP contribution in [0.3, 0.4) is 0 Å². The molecule has 32 heavy (non-hydrogen) atoms. The molecule has 0 aliphatic heterocycles. The normalized spacial score (nSPS) is 10.9. The standard InChI is InChI=1S/C24H22N4O3S/c1-3-14-27(23-25-19(16-32-23)17-10-6-5-7-11-17)21(29)15-28-20-13-9-8-12-18(20)22(30)26(4-2)24(28)31/h3,5-13,16H,1,4,14-15H2,2H3. The molecule has 4 rings (SSSR count). The Bertz CT molecular complexity index is 1400. The summed E-state index contributed by atoms with van der Waals surface area (Å²) in [5.41, 5.74) is 1.30. The van der Waals surface area contributed by atoms with Crippen LogP contribution in [0.15, 0.2) is 82.2 Å². The van der Waals surface area contributed by atoms with E-state index in [0.29, 0.717) is 16.0 Å². The number of benzene rings is 2. The number of fused-ring (bicyclic) bond motifs is 1. The smallest absolute Gasteiger partial charge is 0.284 e. The van der Waals surface area contributed by atoms with Gasteiger partial charge in [0, 0.05) is 24.0 Å². The van der Waals surface area contributed by atoms with Crippen LogP contribution in [-0.2, 0) is 17.9 Å². The van der Waals surface area contributed by atoms with E-state index in [2.05, 4.69) is 11.6 Å². The lowest BCUT2D eigenvalue weighted by atomic mass is 10.2. The minimum Gasteiger partial charge on any atom is -0.284 e. The molecule has 0 N–H and O–H groups in total. The fraction of sp³-hybridized carbons (Fsp3) is 0.167. The summed E-state index contributed by atoms with van der Waals surface area (Å²) in [5.74, 6) is -0.313. The maximum Gasteiger partial charge on any atom is 0.331 e. The molecule has 7 nitrogen and oxygen atoms in total. The van der Waals surface area contributed by atoms with Crippen LogP contribution in [0.25, 0.3) is 22.2 Å². The van der Waals surface area contributed by atoms with Gasteiger partial charge in [0.2, 0.25) is 5.91 Å². The van der Waals surface area contributed by atoms with Crippen LogP contribution in [-0.4, -0.2) is 26.6 Å². The van der Waals surface area contributed by atoms with Crippen LogP contribution in [0.5, 0.6) is 0 Å². The van der Waals surface area contributed by atoms with Gasteiger partial charge >= 0.3 is 5.69 Å². The van der Waals surface area contributed by atoms with Gasteiger partial charge in [0.25, 0.3) is 5.56 Å². The van der Waals surface area contributed by atoms with Crippen molar-refractivity contribution in [2.45, 2.75) is 20.0 Å². The predicted octanol–water partition coefficient (Wildman–Crippen LogP) is 3.53. The molecule has 2 aromatic heterocycles. The Balaban J connectivity index is 1.73. The summed E-state index contributed by atoms with van der Waals surface area (Å²) >= 11 is 1.35. The van der Waals surface area contributed by atoms with Gasteiger partial charge < -0.3 is 0 Å². The molecule has 8 heteroatoms. The number of amides is 1. The third-order valence-corrected chi connectivity index (χ3v) is 6.01. The van der Waals surface area contributed by atoms with Gasteiger partial charge in [-0.25, -0.2) is 9.78 Å². The van der Waals surface area contributed by atoms with Crippen molar-refractivity contribution in [2.75, 3.05) is 11.4 Å². The SMILES string of the molecule is C=CCN(C(=O)Cn1c(=O)n(CC)c(=O)c2ccccc21)c1nc(-c2ccccc2)cs1. The van der Waals surface area contributed by atoms with Crippen molar-refractivity contribution < 1.29 is 4.79 Å². The number of carbonyl (C=O) groups is 1. The number of thiazole rings is 1. The minimum atomic E-state index is -0.507. The van der Waals surface area contributed by atoms with Crippen molar-refractivity contribution in [3.63, 3.8) is 0 Å². The summed E-state index contributed by atoms with van der Waals surface area (Å²) < 4.78 is 2.49. The molecular weight excluding hydrogens is 424 g/mol. The first-order chi connectivity index (χ1) is 15.5. The Hall–Kier alpha value is -3.78. The largest absolute Gasteiger partial charge is 0.331 e. The molecule has 2 aromatic carbocycles. The number of para-hydroxylation sites is 1. The molecule has 0 fully saturated rings. The molecule has 0 spiro atoms. The first kappa shape index (κ1) is 21.5. The molecule has 0 aliphatic rings. The Morgan fingerprint density at radius 1 is 1.09 bits per heavy atom. The third kappa shape index (κ3) is 3.92. The fourth-order valence-electron chi connectivity index (χ4n) is 3.57. The van der Waals surface area contributed by atoms with Gasteiger partial charge in [0.15, 0.2) is 5.13 Å². The second-order valence-corrected chi connectivity index (χ2v) is 7.95. The highest BCUT2D eigenvalue weighted by Gasteiger charge is 2.21. The quantitative estimate of drug-likeness (QED) is 0.407. The van der Waals surface area contributed by atoms with Crippen molar-refractivity contribution in [2.24, 2.45) is 0 Å². The summed E-state index contributed by atoms with van der Waals surface area (Å²) in [4.78, 5) is 45.1. The zero-order chi connectivity index (χ0) is 22.7. The maximum atomic E-state index is 13.3. The number of hydrogen-bond acceptors (Lipinski definition) is 5. The second kappa shape index (κ2) is 9.15. The lowest BCUT2D eigenvalue weighted by molar-refractivity contribution is -0.119. The summed E-state index contributed by atoms with van der Waals surface area (Å²) in [6.07, 6.45) is 1.62. The van der Waals surface area contributed by atoms with Crippen molar-refractivity contribution in [1.82, 2.24) is 14.1 Å². The van der Waals surface area contributed by atoms with Crippen LogP contribution in [0.2, 0.25) is 0 Å². The predicted molar refractivity (Wildman–Crippen MR) is 128 cm³/mol. The van der Waals surface area contributed by atoms with Crippen molar-refractivity contribution in [1.29, 1.82) is 0 Å². The summed E-state index contributed by atoms with van der Waals surface area (Å²) in [7, 11) is 0. The molecular formula is C24H22N4O3S. The molecule has 0 radical (unpaired) electrons. The number of aromatic nitrogens is 3. The van der Waals surface area contributed by atoms with Gasteiger partial charge in [-0.1, -0.05) is 48.5 Å². The van der Waals surface area contributed by atoms with Crippen LogP contribution in [0, 0.1) is 0 Å². The molecule has 0 aliphatic carbocycles. The molecule has 4 aromatic rings. The minimum absolute atomic E-state index is 0.215. The van der Waals surface area contributed by atoms with Gasteiger partial charge in [0.05, 0.1) is 16.6 Å². The van der Waals surface area contributed by atoms with Gasteiger partial charge in [-0.05, 0) is 19.1 Å². The number of nitrogens with zero attached hydrogens (tertiary/aromatic N) is 4. The summed E-state index contributed by atoms with van der Waals surface area (Å²) in [5, 5.41) is 2.82. The van der Waals surface area contributed by atoms with E-state index < -0.39 is 5.69 Å². The average Bonchev–Trinajstić information content (AvgIpc) is 3.31. The summed E-state index contributed by atoms with van der Waals surface area (Å²) in [6, 6.07) is 16.5. The Morgan fingerprint density at radius 3 is 2.53 bits per heavy atom. The van der Waals surface area contributed by atoms with Gasteiger partial charge in [-0.3, -0.25) is 23.6 Å². The van der Waals surface area contributed by atoms with E-state index in [1.807, 2.05) is 35.7 Å². The lowest BCUT2D eigenvalue weighted by Crippen LogP contribution is -2.43. The highest BCUT2D eigenvalue weighted by atomic mass is 32.1. The van der Waals surface area contributed by atoms with Crippen LogP contribution < -0.4 is 16.1 Å². The molecule has 0 saturated heterocycles. The van der Waals surface area contributed by atoms with E-state index in [1.165, 1.54) is 20.8 Å². The molecule has 0 unspecified atom stereocenters. The number of anilines is 1. The van der Waals surface area contributed by atoms with Crippen molar-refractivity contribution >= 4 is 33.3 Å². The zero-order valence-electron chi connectivity index (χ0n) is 17.6. The van der Waals surface area contributed by atoms with E-state index in [4.69, 9.17) is 0 Å². The maximum absolute atomic E-state index is 13.3. The average molecular weight is 447 g/mol. The number of hydrogen-bond donors (Lipinski definition) is 0. The topological polar surface area (TPSA) is 77.2 Å². The molecule has 0 bridgehead atoms. The van der Waals surface area contributed by atoms with Crippen LogP contribution in [0.1, 0.15) is 6.92 Å². The molecule has 1 amide bonds. The van der Waals surface area contributed by atoms with Gasteiger partial charge in [0.1, 0.15) is 6.54 Å². The molecule has 2 heterocycles. The van der Waals surface area contributed by atoms with E-state index >= 15 is 0 Å². The Morgan fingerprint density at radius 2 is 1.81 bits per heavy atom. The highest BCUT2D eigenvalue weighted by molar-refractivity contribution is 7.14. The molecule has 162 valence electrons. The van der Waals surface area contributed by atoms with Gasteiger partial charge in [-0.15, -0.1) is 17.9 Å². The molecule has 0 atom stereocenters. The first-order valence-electron chi connectivity index (χ1n) is 10.2. The monoisotopic (exact) mass is 446 g/mol. The zero-order valence-corrected chi connectivity index (χ0v) is 18.4. The third-order valence-electron chi connectivity index (χ3n) is 5.15. The Labute approximate surface area is 188 Å². The number of rotatable bonds is 7. The highest BCUT2D eigenvalue weighted by Crippen LogP contribution is 2.27. The lowest BCUT2D eigenvalue weighted by Gasteiger charge is -2.20. The fourth-order valence-corrected chi connectivity index (χ4v) is 4.43. The second-order valence-electron chi connectivity index (χ2n) is 7.11. The van der Waals surface area contributed by atoms with Crippen molar-refractivity contribution in [3.8, 4) is 11.3 Å². The van der Waals surface area contributed by atoms with E-state index in [-0.39, 0.29) is 31.1 Å².